The number of amides is 2. The zero-order valence-corrected chi connectivity index (χ0v) is 23.8. The molecule has 2 aromatic carbocycles. The Kier molecular flexibility index (Phi) is 7.41. The third kappa shape index (κ3) is 5.40. The van der Waals surface area contributed by atoms with Gasteiger partial charge in [0.15, 0.2) is 0 Å². The predicted octanol–water partition coefficient (Wildman–Crippen LogP) is 3.48. The Morgan fingerprint density at radius 3 is 2.61 bits per heavy atom. The standard InChI is InChI=1S/C30H32N6O4S/c1-17-4-3-5-20(12-17)41-16-19(37)15-32-23-6-9-31-28(38)26(23)27-33-24-13-21-22(14-25(24)34-27)30(40)36(29(21)39)18-7-10-35(2)11-8-18/h3-6,9,12-14,18-19,37H,7-8,10-11,15-16H2,1-2H3,(H,33,34)(H2,31,32,38). The summed E-state index contributed by atoms with van der Waals surface area (Å²) in [4.78, 5) is 54.7. The molecular weight excluding hydrogens is 540 g/mol. The number of pyridine rings is 1. The number of hydrogen-bond donors (Lipinski definition) is 4. The van der Waals surface area contributed by atoms with Crippen LogP contribution in [0.15, 0.2) is 58.4 Å². The predicted molar refractivity (Wildman–Crippen MR) is 160 cm³/mol. The van der Waals surface area contributed by atoms with Crippen LogP contribution in [0.2, 0.25) is 0 Å². The molecule has 0 bridgehead atoms. The summed E-state index contributed by atoms with van der Waals surface area (Å²) >= 11 is 1.57. The third-order valence-electron chi connectivity index (χ3n) is 7.73. The molecule has 4 N–H and O–H groups in total. The topological polar surface area (TPSA) is 134 Å². The fraction of sp³-hybridized carbons (Fsp3) is 0.333. The number of likely N-dealkylation sites (tertiary alicyclic amines) is 1. The van der Waals surface area contributed by atoms with Crippen LogP contribution in [0, 0.1) is 6.92 Å². The number of imidazole rings is 1. The lowest BCUT2D eigenvalue weighted by Gasteiger charge is -2.33. The Hall–Kier alpha value is -3.93. The number of aromatic nitrogens is 3. The number of piperidine rings is 1. The number of fused-ring (bicyclic) bond motifs is 2. The molecule has 2 aliphatic heterocycles. The highest BCUT2D eigenvalue weighted by atomic mass is 32.2. The van der Waals surface area contributed by atoms with E-state index >= 15 is 0 Å². The Morgan fingerprint density at radius 1 is 1.10 bits per heavy atom. The van der Waals surface area contributed by atoms with Crippen molar-refractivity contribution in [3.05, 3.63) is 75.7 Å². The molecule has 2 amide bonds. The van der Waals surface area contributed by atoms with E-state index in [2.05, 4.69) is 31.2 Å². The molecule has 4 heterocycles. The first-order valence-corrected chi connectivity index (χ1v) is 14.7. The van der Waals surface area contributed by atoms with E-state index in [0.29, 0.717) is 39.4 Å². The van der Waals surface area contributed by atoms with Crippen LogP contribution in [0.3, 0.4) is 0 Å². The van der Waals surface area contributed by atoms with Crippen LogP contribution in [0.1, 0.15) is 39.1 Å². The van der Waals surface area contributed by atoms with Gasteiger partial charge in [-0.15, -0.1) is 11.8 Å². The van der Waals surface area contributed by atoms with E-state index in [0.717, 1.165) is 36.4 Å². The summed E-state index contributed by atoms with van der Waals surface area (Å²) in [7, 11) is 2.04. The van der Waals surface area contributed by atoms with Crippen LogP contribution in [-0.4, -0.2) is 86.3 Å². The number of aromatic amines is 2. The molecule has 0 aliphatic carbocycles. The number of nitrogens with one attached hydrogen (secondary N) is 3. The van der Waals surface area contributed by atoms with Crippen molar-refractivity contribution < 1.29 is 14.7 Å². The number of carbonyl (C=O) groups is 2. The largest absolute Gasteiger partial charge is 0.390 e. The highest BCUT2D eigenvalue weighted by Gasteiger charge is 2.41. The maximum absolute atomic E-state index is 13.3. The summed E-state index contributed by atoms with van der Waals surface area (Å²) in [6.45, 7) is 3.95. The minimum Gasteiger partial charge on any atom is -0.390 e. The van der Waals surface area contributed by atoms with Crippen LogP contribution in [0.25, 0.3) is 22.4 Å². The van der Waals surface area contributed by atoms with Crippen LogP contribution in [0.5, 0.6) is 0 Å². The maximum Gasteiger partial charge on any atom is 0.261 e. The van der Waals surface area contributed by atoms with Gasteiger partial charge in [0.1, 0.15) is 11.4 Å². The molecule has 4 aromatic rings. The van der Waals surface area contributed by atoms with E-state index in [1.807, 2.05) is 32.2 Å². The van der Waals surface area contributed by atoms with Gasteiger partial charge >= 0.3 is 0 Å². The third-order valence-corrected chi connectivity index (χ3v) is 8.87. The molecule has 0 spiro atoms. The van der Waals surface area contributed by atoms with Crippen LogP contribution in [-0.2, 0) is 0 Å². The number of H-pyrrole nitrogens is 2. The van der Waals surface area contributed by atoms with Gasteiger partial charge in [0.05, 0.1) is 34.0 Å². The van der Waals surface area contributed by atoms with Crippen molar-refractivity contribution in [1.82, 2.24) is 24.8 Å². The lowest BCUT2D eigenvalue weighted by atomic mass is 10.0. The van der Waals surface area contributed by atoms with E-state index in [4.69, 9.17) is 0 Å². The summed E-state index contributed by atoms with van der Waals surface area (Å²) < 4.78 is 0. The molecule has 2 aliphatic rings. The number of nitrogens with zero attached hydrogens (tertiary/aromatic N) is 3. The highest BCUT2D eigenvalue weighted by Crippen LogP contribution is 2.32. The molecule has 1 unspecified atom stereocenters. The molecule has 0 radical (unpaired) electrons. The fourth-order valence-electron chi connectivity index (χ4n) is 5.51. The molecule has 0 saturated carbocycles. The number of aryl methyl sites for hydroxylation is 1. The first-order valence-electron chi connectivity index (χ1n) is 13.7. The van der Waals surface area contributed by atoms with Gasteiger partial charge < -0.3 is 25.3 Å². The second kappa shape index (κ2) is 11.2. The lowest BCUT2D eigenvalue weighted by Crippen LogP contribution is -2.46. The number of thioether (sulfide) groups is 1. The number of imide groups is 1. The van der Waals surface area contributed by atoms with Crippen LogP contribution in [0.4, 0.5) is 5.69 Å². The van der Waals surface area contributed by atoms with E-state index in [9.17, 15) is 19.5 Å². The molecule has 1 fully saturated rings. The van der Waals surface area contributed by atoms with Crippen molar-refractivity contribution in [2.24, 2.45) is 0 Å². The Morgan fingerprint density at radius 2 is 1.85 bits per heavy atom. The van der Waals surface area contributed by atoms with Crippen molar-refractivity contribution in [2.75, 3.05) is 37.8 Å². The summed E-state index contributed by atoms with van der Waals surface area (Å²) in [6, 6.07) is 13.0. The second-order valence-corrected chi connectivity index (χ2v) is 11.9. The zero-order chi connectivity index (χ0) is 28.7. The fourth-order valence-corrected chi connectivity index (χ4v) is 6.46. The molecule has 1 atom stereocenters. The number of carbonyl (C=O) groups excluding carboxylic acids is 2. The number of hydrogen-bond acceptors (Lipinski definition) is 8. The van der Waals surface area contributed by atoms with Gasteiger partial charge in [0.2, 0.25) is 0 Å². The van der Waals surface area contributed by atoms with Gasteiger partial charge in [-0.2, -0.15) is 0 Å². The van der Waals surface area contributed by atoms with Crippen molar-refractivity contribution in [1.29, 1.82) is 0 Å². The number of benzene rings is 2. The number of anilines is 1. The monoisotopic (exact) mass is 572 g/mol. The first-order chi connectivity index (χ1) is 19.8. The molecule has 1 saturated heterocycles. The zero-order valence-electron chi connectivity index (χ0n) is 22.9. The Balaban J connectivity index is 1.21. The molecular formula is C30H32N6O4S. The average molecular weight is 573 g/mol. The molecule has 10 nitrogen and oxygen atoms in total. The lowest BCUT2D eigenvalue weighted by molar-refractivity contribution is 0.0516. The molecule has 212 valence electrons. The summed E-state index contributed by atoms with van der Waals surface area (Å²) in [5.41, 5.74) is 3.36. The Labute approximate surface area is 241 Å². The van der Waals surface area contributed by atoms with Crippen molar-refractivity contribution in [2.45, 2.75) is 36.8 Å². The summed E-state index contributed by atoms with van der Waals surface area (Å²) in [5, 5.41) is 13.8. The van der Waals surface area contributed by atoms with Gasteiger partial charge in [0.25, 0.3) is 17.4 Å². The number of aliphatic hydroxyl groups excluding tert-OH is 1. The van der Waals surface area contributed by atoms with Crippen molar-refractivity contribution in [3.63, 3.8) is 0 Å². The first kappa shape index (κ1) is 27.3. The van der Waals surface area contributed by atoms with Crippen LogP contribution < -0.4 is 10.9 Å². The Bertz CT molecular complexity index is 1640. The van der Waals surface area contributed by atoms with E-state index in [1.54, 1.807) is 30.0 Å². The molecule has 41 heavy (non-hydrogen) atoms. The quantitative estimate of drug-likeness (QED) is 0.186. The van der Waals surface area contributed by atoms with Gasteiger partial charge in [-0.1, -0.05) is 17.7 Å². The van der Waals surface area contributed by atoms with Gasteiger partial charge in [-0.3, -0.25) is 19.3 Å². The minimum atomic E-state index is -0.657. The van der Waals surface area contributed by atoms with E-state index < -0.39 is 6.10 Å². The van der Waals surface area contributed by atoms with E-state index in [1.165, 1.54) is 11.1 Å². The maximum atomic E-state index is 13.3. The van der Waals surface area contributed by atoms with E-state index in [-0.39, 0.29) is 35.5 Å². The normalized spacial score (nSPS) is 16.9. The molecule has 2 aromatic heterocycles. The minimum absolute atomic E-state index is 0.109. The van der Waals surface area contributed by atoms with Gasteiger partial charge in [0, 0.05) is 29.4 Å². The number of aliphatic hydroxyl groups is 1. The van der Waals surface area contributed by atoms with Crippen LogP contribution >= 0.6 is 11.8 Å². The van der Waals surface area contributed by atoms with Crippen molar-refractivity contribution >= 4 is 40.3 Å². The SMILES string of the molecule is Cc1cccc(SCC(O)CNc2cc[nH]c(=O)c2-c2nc3cc4c(cc3[nH]2)C(=O)N(C2CCN(C)CC2)C4=O)c1. The highest BCUT2D eigenvalue weighted by molar-refractivity contribution is 7.99. The summed E-state index contributed by atoms with van der Waals surface area (Å²) in [5.74, 6) is 0.226. The van der Waals surface area contributed by atoms with Gasteiger partial charge in [-0.05, 0) is 70.2 Å². The second-order valence-electron chi connectivity index (χ2n) is 10.8. The summed E-state index contributed by atoms with van der Waals surface area (Å²) in [6.07, 6.45) is 2.40. The van der Waals surface area contributed by atoms with Gasteiger partial charge in [-0.25, -0.2) is 4.98 Å². The smallest absolute Gasteiger partial charge is 0.261 e. The molecule has 11 heteroatoms. The van der Waals surface area contributed by atoms with Crippen molar-refractivity contribution in [3.8, 4) is 11.4 Å². The molecule has 6 rings (SSSR count). The average Bonchev–Trinajstić information content (AvgIpc) is 3.47. The number of rotatable bonds is 8.